The third-order valence-corrected chi connectivity index (χ3v) is 3.77. The zero-order chi connectivity index (χ0) is 14.4. The van der Waals surface area contributed by atoms with Gasteiger partial charge in [-0.3, -0.25) is 4.79 Å². The molecule has 0 bridgehead atoms. The van der Waals surface area contributed by atoms with Crippen LogP contribution in [0.15, 0.2) is 24.3 Å². The summed E-state index contributed by atoms with van der Waals surface area (Å²) < 4.78 is 5.61. The quantitative estimate of drug-likeness (QED) is 0.856. The highest BCUT2D eigenvalue weighted by molar-refractivity contribution is 5.78. The molecule has 1 heterocycles. The molecule has 110 valence electrons. The maximum absolute atomic E-state index is 11.9. The number of hydrogen-bond acceptors (Lipinski definition) is 3. The lowest BCUT2D eigenvalue weighted by molar-refractivity contribution is -0.131. The minimum atomic E-state index is 0.00705. The first-order chi connectivity index (χ1) is 9.69. The van der Waals surface area contributed by atoms with Gasteiger partial charge in [0, 0.05) is 19.7 Å². The molecule has 0 aromatic heterocycles. The van der Waals surface area contributed by atoms with Crippen LogP contribution >= 0.6 is 0 Å². The van der Waals surface area contributed by atoms with E-state index < -0.39 is 0 Å². The predicted octanol–water partition coefficient (Wildman–Crippen LogP) is 1.50. The largest absolute Gasteiger partial charge is 0.376 e. The monoisotopic (exact) mass is 276 g/mol. The number of nitrogens with zero attached hydrogens (tertiary/aromatic N) is 1. The molecule has 0 saturated carbocycles. The van der Waals surface area contributed by atoms with Crippen molar-refractivity contribution in [2.24, 2.45) is 5.73 Å². The van der Waals surface area contributed by atoms with E-state index in [1.165, 1.54) is 11.1 Å². The molecule has 1 unspecified atom stereocenters. The van der Waals surface area contributed by atoms with E-state index in [-0.39, 0.29) is 18.6 Å². The van der Waals surface area contributed by atoms with E-state index in [9.17, 15) is 4.79 Å². The van der Waals surface area contributed by atoms with E-state index in [1.807, 2.05) is 4.90 Å². The zero-order valence-corrected chi connectivity index (χ0v) is 12.2. The van der Waals surface area contributed by atoms with Gasteiger partial charge >= 0.3 is 0 Å². The maximum Gasteiger partial charge on any atom is 0.236 e. The van der Waals surface area contributed by atoms with E-state index in [4.69, 9.17) is 10.5 Å². The van der Waals surface area contributed by atoms with Gasteiger partial charge in [0.1, 0.15) is 0 Å². The van der Waals surface area contributed by atoms with Gasteiger partial charge in [-0.2, -0.15) is 0 Å². The maximum atomic E-state index is 11.9. The van der Waals surface area contributed by atoms with Crippen molar-refractivity contribution in [1.82, 2.24) is 4.90 Å². The van der Waals surface area contributed by atoms with Crippen LogP contribution in [-0.2, 0) is 16.0 Å². The summed E-state index contributed by atoms with van der Waals surface area (Å²) in [4.78, 5) is 13.8. The third kappa shape index (κ3) is 4.32. The molecule has 0 spiro atoms. The number of aryl methyl sites for hydroxylation is 1. The molecule has 1 aliphatic rings. The molecule has 0 aliphatic carbocycles. The number of ether oxygens (including phenoxy) is 1. The Kier molecular flexibility index (Phi) is 5.56. The average molecular weight is 276 g/mol. The van der Waals surface area contributed by atoms with Crippen LogP contribution in [0.1, 0.15) is 24.0 Å². The molecule has 0 radical (unpaired) electrons. The molecule has 1 aromatic carbocycles. The molecule has 1 fully saturated rings. The van der Waals surface area contributed by atoms with Crippen molar-refractivity contribution in [2.45, 2.75) is 32.3 Å². The van der Waals surface area contributed by atoms with Gasteiger partial charge in [-0.05, 0) is 31.7 Å². The smallest absolute Gasteiger partial charge is 0.236 e. The van der Waals surface area contributed by atoms with Crippen LogP contribution in [0.4, 0.5) is 0 Å². The van der Waals surface area contributed by atoms with Gasteiger partial charge in [-0.25, -0.2) is 0 Å². The molecular weight excluding hydrogens is 252 g/mol. The van der Waals surface area contributed by atoms with Gasteiger partial charge in [0.25, 0.3) is 0 Å². The van der Waals surface area contributed by atoms with Gasteiger partial charge in [0.2, 0.25) is 5.91 Å². The fourth-order valence-electron chi connectivity index (χ4n) is 2.50. The third-order valence-electron chi connectivity index (χ3n) is 3.77. The Bertz CT molecular complexity index is 425. The van der Waals surface area contributed by atoms with E-state index in [1.54, 1.807) is 0 Å². The standard InChI is InChI=1S/C16H24N2O2/c1-13-4-6-14(7-5-13)8-9-18(16(19)11-17)12-15-3-2-10-20-15/h4-7,15H,2-3,8-12,17H2,1H3. The summed E-state index contributed by atoms with van der Waals surface area (Å²) >= 11 is 0. The molecule has 4 heteroatoms. The second-order valence-corrected chi connectivity index (χ2v) is 5.41. The number of carbonyl (C=O) groups excluding carboxylic acids is 1. The first-order valence-corrected chi connectivity index (χ1v) is 7.34. The number of hydrogen-bond donors (Lipinski definition) is 1. The minimum Gasteiger partial charge on any atom is -0.376 e. The van der Waals surface area contributed by atoms with Crippen LogP contribution in [0.3, 0.4) is 0 Å². The summed E-state index contributed by atoms with van der Waals surface area (Å²) in [6, 6.07) is 8.44. The van der Waals surface area contributed by atoms with Gasteiger partial charge in [0.05, 0.1) is 12.6 Å². The number of nitrogens with two attached hydrogens (primary N) is 1. The van der Waals surface area contributed by atoms with Gasteiger partial charge in [-0.15, -0.1) is 0 Å². The number of amides is 1. The molecule has 4 nitrogen and oxygen atoms in total. The Hall–Kier alpha value is -1.39. The number of rotatable bonds is 6. The summed E-state index contributed by atoms with van der Waals surface area (Å²) in [5, 5.41) is 0. The summed E-state index contributed by atoms with van der Waals surface area (Å²) in [7, 11) is 0. The highest BCUT2D eigenvalue weighted by Crippen LogP contribution is 2.14. The Morgan fingerprint density at radius 1 is 1.40 bits per heavy atom. The van der Waals surface area contributed by atoms with Crippen LogP contribution in [0.2, 0.25) is 0 Å². The van der Waals surface area contributed by atoms with Gasteiger partial charge in [0.15, 0.2) is 0 Å². The molecule has 1 atom stereocenters. The fraction of sp³-hybridized carbons (Fsp3) is 0.562. The lowest BCUT2D eigenvalue weighted by atomic mass is 10.1. The molecule has 1 saturated heterocycles. The molecule has 1 aromatic rings. The van der Waals surface area contributed by atoms with Crippen LogP contribution in [0, 0.1) is 6.92 Å². The Morgan fingerprint density at radius 2 is 2.15 bits per heavy atom. The Balaban J connectivity index is 1.89. The summed E-state index contributed by atoms with van der Waals surface area (Å²) in [5.74, 6) is 0.00705. The predicted molar refractivity (Wildman–Crippen MR) is 79.5 cm³/mol. The van der Waals surface area contributed by atoms with Crippen molar-refractivity contribution >= 4 is 5.91 Å². The van der Waals surface area contributed by atoms with Crippen LogP contribution < -0.4 is 5.73 Å². The highest BCUT2D eigenvalue weighted by Gasteiger charge is 2.21. The van der Waals surface area contributed by atoms with E-state index in [0.29, 0.717) is 13.1 Å². The summed E-state index contributed by atoms with van der Waals surface area (Å²) in [6.07, 6.45) is 3.17. The first kappa shape index (κ1) is 15.0. The zero-order valence-electron chi connectivity index (χ0n) is 12.2. The number of benzene rings is 1. The highest BCUT2D eigenvalue weighted by atomic mass is 16.5. The number of carbonyl (C=O) groups is 1. The lowest BCUT2D eigenvalue weighted by Gasteiger charge is -2.25. The van der Waals surface area contributed by atoms with Crippen LogP contribution in [-0.4, -0.2) is 43.2 Å². The molecule has 20 heavy (non-hydrogen) atoms. The topological polar surface area (TPSA) is 55.6 Å². The van der Waals surface area contributed by atoms with E-state index in [2.05, 4.69) is 31.2 Å². The molecule has 1 aliphatic heterocycles. The Labute approximate surface area is 120 Å². The minimum absolute atomic E-state index is 0.00705. The van der Waals surface area contributed by atoms with Crippen molar-refractivity contribution < 1.29 is 9.53 Å². The molecule has 2 rings (SSSR count). The van der Waals surface area contributed by atoms with E-state index >= 15 is 0 Å². The second-order valence-electron chi connectivity index (χ2n) is 5.41. The average Bonchev–Trinajstić information content (AvgIpc) is 2.97. The molecular formula is C16H24N2O2. The van der Waals surface area contributed by atoms with Crippen LogP contribution in [0.5, 0.6) is 0 Å². The first-order valence-electron chi connectivity index (χ1n) is 7.34. The SMILES string of the molecule is Cc1ccc(CCN(CC2CCCO2)C(=O)CN)cc1. The Morgan fingerprint density at radius 3 is 2.75 bits per heavy atom. The van der Waals surface area contributed by atoms with Crippen molar-refractivity contribution in [1.29, 1.82) is 0 Å². The van der Waals surface area contributed by atoms with Gasteiger partial charge in [-0.1, -0.05) is 29.8 Å². The lowest BCUT2D eigenvalue weighted by Crippen LogP contribution is -2.41. The van der Waals surface area contributed by atoms with Crippen molar-refractivity contribution in [2.75, 3.05) is 26.2 Å². The van der Waals surface area contributed by atoms with Crippen molar-refractivity contribution in [3.8, 4) is 0 Å². The summed E-state index contributed by atoms with van der Waals surface area (Å²) in [5.41, 5.74) is 8.00. The van der Waals surface area contributed by atoms with Gasteiger partial charge < -0.3 is 15.4 Å². The second kappa shape index (κ2) is 7.41. The molecule has 1 amide bonds. The summed E-state index contributed by atoms with van der Waals surface area (Å²) in [6.45, 7) is 4.33. The van der Waals surface area contributed by atoms with E-state index in [0.717, 1.165) is 25.9 Å². The molecule has 2 N–H and O–H groups in total. The fourth-order valence-corrected chi connectivity index (χ4v) is 2.50. The normalized spacial score (nSPS) is 18.2. The van der Waals surface area contributed by atoms with Crippen molar-refractivity contribution in [3.05, 3.63) is 35.4 Å². The van der Waals surface area contributed by atoms with Crippen LogP contribution in [0.25, 0.3) is 0 Å². The van der Waals surface area contributed by atoms with Crippen molar-refractivity contribution in [3.63, 3.8) is 0 Å².